The van der Waals surface area contributed by atoms with Crippen LogP contribution in [0.2, 0.25) is 0 Å². The Hall–Kier alpha value is -1.34. The van der Waals surface area contributed by atoms with E-state index in [4.69, 9.17) is 5.26 Å². The van der Waals surface area contributed by atoms with Gasteiger partial charge in [0.25, 0.3) is 5.91 Å². The summed E-state index contributed by atoms with van der Waals surface area (Å²) in [4.78, 5) is 13.9. The highest BCUT2D eigenvalue weighted by Gasteiger charge is 2.22. The first-order chi connectivity index (χ1) is 8.93. The lowest BCUT2D eigenvalue weighted by Gasteiger charge is -2.16. The molecule has 106 valence electrons. The summed E-state index contributed by atoms with van der Waals surface area (Å²) in [7, 11) is 0. The lowest BCUT2D eigenvalue weighted by Crippen LogP contribution is -2.41. The average molecular weight is 280 g/mol. The summed E-state index contributed by atoms with van der Waals surface area (Å²) in [6, 6.07) is 4.00. The monoisotopic (exact) mass is 280 g/mol. The van der Waals surface area contributed by atoms with Crippen LogP contribution in [0.3, 0.4) is 0 Å². The summed E-state index contributed by atoms with van der Waals surface area (Å²) in [6.07, 6.45) is 1.89. The first-order valence-corrected chi connectivity index (χ1v) is 7.60. The molecule has 1 amide bonds. The molecule has 0 unspecified atom stereocenters. The van der Waals surface area contributed by atoms with E-state index in [1.165, 1.54) is 21.8 Å². The predicted octanol–water partition coefficient (Wildman–Crippen LogP) is 3.93. The van der Waals surface area contributed by atoms with Gasteiger partial charge in [-0.1, -0.05) is 27.7 Å². The molecule has 1 N–H and O–H groups in total. The van der Waals surface area contributed by atoms with Gasteiger partial charge in [-0.15, -0.1) is 11.3 Å². The second-order valence-electron chi connectivity index (χ2n) is 4.46. The van der Waals surface area contributed by atoms with Gasteiger partial charge in [0.15, 0.2) is 0 Å². The molecule has 0 fully saturated rings. The number of aryl methyl sites for hydroxylation is 2. The van der Waals surface area contributed by atoms with E-state index in [9.17, 15) is 4.79 Å². The van der Waals surface area contributed by atoms with Crippen LogP contribution in [0.15, 0.2) is 6.07 Å². The summed E-state index contributed by atoms with van der Waals surface area (Å²) in [6.45, 7) is 11.6. The molecule has 0 bridgehead atoms. The molecule has 4 heteroatoms. The first-order valence-electron chi connectivity index (χ1n) is 6.78. The highest BCUT2D eigenvalue weighted by atomic mass is 32.1. The van der Waals surface area contributed by atoms with Gasteiger partial charge in [-0.25, -0.2) is 0 Å². The molecule has 0 radical (unpaired) electrons. The van der Waals surface area contributed by atoms with Gasteiger partial charge in [0.05, 0.1) is 10.9 Å². The van der Waals surface area contributed by atoms with E-state index in [1.54, 1.807) is 13.8 Å². The van der Waals surface area contributed by atoms with Gasteiger partial charge in [0.1, 0.15) is 5.54 Å². The molecule has 0 saturated heterocycles. The maximum atomic E-state index is 12.0. The van der Waals surface area contributed by atoms with Gasteiger partial charge in [0, 0.05) is 4.88 Å². The minimum absolute atomic E-state index is 0.157. The normalized spacial score (nSPS) is 10.2. The van der Waals surface area contributed by atoms with Gasteiger partial charge < -0.3 is 5.32 Å². The molecule has 0 aliphatic carbocycles. The van der Waals surface area contributed by atoms with Crippen molar-refractivity contribution in [3.63, 3.8) is 0 Å². The number of nitrogens with one attached hydrogen (secondary N) is 1. The van der Waals surface area contributed by atoms with Crippen molar-refractivity contribution in [1.29, 1.82) is 5.26 Å². The Bertz CT molecular complexity index is 434. The average Bonchev–Trinajstić information content (AvgIpc) is 2.84. The van der Waals surface area contributed by atoms with Crippen LogP contribution >= 0.6 is 11.3 Å². The van der Waals surface area contributed by atoms with E-state index >= 15 is 0 Å². The molecule has 0 saturated carbocycles. The maximum absolute atomic E-state index is 12.0. The van der Waals surface area contributed by atoms with Gasteiger partial charge in [-0.3, -0.25) is 4.79 Å². The Balaban J connectivity index is 0.00000154. The minimum atomic E-state index is -0.820. The third-order valence-electron chi connectivity index (χ3n) is 2.53. The van der Waals surface area contributed by atoms with E-state index in [0.717, 1.165) is 12.8 Å². The van der Waals surface area contributed by atoms with Crippen molar-refractivity contribution < 1.29 is 4.79 Å². The van der Waals surface area contributed by atoms with Crippen molar-refractivity contribution in [3.05, 3.63) is 21.4 Å². The number of carbonyl (C=O) groups is 1. The standard InChI is InChI=1S/C13H18N2OS.C2H6/c1-5-9-7-11(17-10(9)6-2)12(16)15-13(3,4)8-14;1-2/h7H,5-6H2,1-4H3,(H,15,16);1-2H3. The predicted molar refractivity (Wildman–Crippen MR) is 81.6 cm³/mol. The van der Waals surface area contributed by atoms with Gasteiger partial charge in [-0.2, -0.15) is 5.26 Å². The zero-order valence-electron chi connectivity index (χ0n) is 12.8. The Labute approximate surface area is 120 Å². The first kappa shape index (κ1) is 17.7. The number of hydrogen-bond donors (Lipinski definition) is 1. The van der Waals surface area contributed by atoms with Crippen LogP contribution < -0.4 is 5.32 Å². The van der Waals surface area contributed by atoms with Crippen molar-refractivity contribution in [2.75, 3.05) is 0 Å². The highest BCUT2D eigenvalue weighted by Crippen LogP contribution is 2.24. The second-order valence-corrected chi connectivity index (χ2v) is 5.59. The van der Waals surface area contributed by atoms with Gasteiger partial charge in [0.2, 0.25) is 0 Å². The lowest BCUT2D eigenvalue weighted by atomic mass is 10.1. The number of nitriles is 1. The summed E-state index contributed by atoms with van der Waals surface area (Å²) in [5, 5.41) is 11.6. The van der Waals surface area contributed by atoms with E-state index in [1.807, 2.05) is 19.9 Å². The van der Waals surface area contributed by atoms with Crippen molar-refractivity contribution in [2.45, 2.75) is 59.9 Å². The topological polar surface area (TPSA) is 52.9 Å². The maximum Gasteiger partial charge on any atom is 0.262 e. The molecule has 0 aromatic carbocycles. The molecular formula is C15H24N2OS. The van der Waals surface area contributed by atoms with Crippen LogP contribution in [0, 0.1) is 11.3 Å². The van der Waals surface area contributed by atoms with Crippen molar-refractivity contribution >= 4 is 17.2 Å². The van der Waals surface area contributed by atoms with Crippen LogP contribution in [-0.2, 0) is 12.8 Å². The molecule has 3 nitrogen and oxygen atoms in total. The molecular weight excluding hydrogens is 256 g/mol. The Kier molecular flexibility index (Phi) is 7.40. The SMILES string of the molecule is CC.CCc1cc(C(=O)NC(C)(C)C#N)sc1CC. The van der Waals surface area contributed by atoms with Gasteiger partial charge in [-0.05, 0) is 38.3 Å². The van der Waals surface area contributed by atoms with Gasteiger partial charge >= 0.3 is 0 Å². The van der Waals surface area contributed by atoms with Crippen LogP contribution in [0.1, 0.15) is 61.7 Å². The fourth-order valence-corrected chi connectivity index (χ4v) is 2.64. The molecule has 19 heavy (non-hydrogen) atoms. The third-order valence-corrected chi connectivity index (χ3v) is 3.85. The fraction of sp³-hybridized carbons (Fsp3) is 0.600. The number of carbonyl (C=O) groups excluding carboxylic acids is 1. The van der Waals surface area contributed by atoms with Crippen LogP contribution in [0.4, 0.5) is 0 Å². The number of hydrogen-bond acceptors (Lipinski definition) is 3. The number of rotatable bonds is 4. The highest BCUT2D eigenvalue weighted by molar-refractivity contribution is 7.14. The molecule has 0 atom stereocenters. The number of thiophene rings is 1. The smallest absolute Gasteiger partial charge is 0.262 e. The molecule has 1 aromatic rings. The van der Waals surface area contributed by atoms with Crippen molar-refractivity contribution in [3.8, 4) is 6.07 Å². The zero-order chi connectivity index (χ0) is 15.1. The minimum Gasteiger partial charge on any atom is -0.334 e. The summed E-state index contributed by atoms with van der Waals surface area (Å²) >= 11 is 1.52. The van der Waals surface area contributed by atoms with Crippen LogP contribution in [0.25, 0.3) is 0 Å². The van der Waals surface area contributed by atoms with Crippen molar-refractivity contribution in [1.82, 2.24) is 5.32 Å². The number of nitrogens with zero attached hydrogens (tertiary/aromatic N) is 1. The largest absolute Gasteiger partial charge is 0.334 e. The van der Waals surface area contributed by atoms with E-state index < -0.39 is 5.54 Å². The molecule has 1 rings (SSSR count). The second kappa shape index (κ2) is 7.96. The lowest BCUT2D eigenvalue weighted by molar-refractivity contribution is 0.0933. The molecule has 0 aliphatic rings. The van der Waals surface area contributed by atoms with Crippen LogP contribution in [0.5, 0.6) is 0 Å². The molecule has 0 aliphatic heterocycles. The summed E-state index contributed by atoms with van der Waals surface area (Å²) in [5.74, 6) is -0.157. The fourth-order valence-electron chi connectivity index (χ4n) is 1.55. The Morgan fingerprint density at radius 3 is 2.32 bits per heavy atom. The van der Waals surface area contributed by atoms with Crippen molar-refractivity contribution in [2.24, 2.45) is 0 Å². The zero-order valence-corrected chi connectivity index (χ0v) is 13.6. The summed E-state index contributed by atoms with van der Waals surface area (Å²) < 4.78 is 0. The van der Waals surface area contributed by atoms with Crippen LogP contribution in [-0.4, -0.2) is 11.4 Å². The van der Waals surface area contributed by atoms with E-state index in [0.29, 0.717) is 4.88 Å². The molecule has 0 spiro atoms. The number of amides is 1. The Morgan fingerprint density at radius 1 is 1.37 bits per heavy atom. The Morgan fingerprint density at radius 2 is 1.95 bits per heavy atom. The van der Waals surface area contributed by atoms with E-state index in [2.05, 4.69) is 25.2 Å². The molecule has 1 aromatic heterocycles. The molecule has 1 heterocycles. The summed E-state index contributed by atoms with van der Waals surface area (Å²) in [5.41, 5.74) is 0.414. The third kappa shape index (κ3) is 5.04. The quantitative estimate of drug-likeness (QED) is 0.908. The van der Waals surface area contributed by atoms with E-state index in [-0.39, 0.29) is 5.91 Å².